The molecule has 37 heavy (non-hydrogen) atoms. The van der Waals surface area contributed by atoms with Crippen molar-refractivity contribution in [3.63, 3.8) is 0 Å². The Morgan fingerprint density at radius 2 is 2.00 bits per heavy atom. The molecule has 2 heterocycles. The number of rotatable bonds is 12. The highest BCUT2D eigenvalue weighted by Gasteiger charge is 2.15. The van der Waals surface area contributed by atoms with Crippen LogP contribution in [0.15, 0.2) is 42.9 Å². The monoisotopic (exact) mass is 528 g/mol. The second kappa shape index (κ2) is 12.4. The summed E-state index contributed by atoms with van der Waals surface area (Å²) < 4.78 is 38.6. The van der Waals surface area contributed by atoms with Crippen molar-refractivity contribution in [3.8, 4) is 11.5 Å². The third-order valence-electron chi connectivity index (χ3n) is 5.27. The van der Waals surface area contributed by atoms with Crippen LogP contribution in [0.5, 0.6) is 11.5 Å². The zero-order valence-corrected chi connectivity index (χ0v) is 21.1. The van der Waals surface area contributed by atoms with E-state index in [0.29, 0.717) is 44.8 Å². The van der Waals surface area contributed by atoms with Gasteiger partial charge in [-0.25, -0.2) is 23.7 Å². The molecule has 1 amide bonds. The van der Waals surface area contributed by atoms with Crippen molar-refractivity contribution in [1.82, 2.24) is 20.3 Å². The normalized spacial score (nSPS) is 10.9. The van der Waals surface area contributed by atoms with Crippen LogP contribution in [0.2, 0.25) is 0 Å². The van der Waals surface area contributed by atoms with Crippen LogP contribution in [-0.2, 0) is 11.2 Å². The first-order chi connectivity index (χ1) is 18.0. The van der Waals surface area contributed by atoms with E-state index in [1.54, 1.807) is 19.2 Å². The summed E-state index contributed by atoms with van der Waals surface area (Å²) in [5, 5.41) is 9.99. The number of halogens is 2. The maximum absolute atomic E-state index is 13.8. The first kappa shape index (κ1) is 26.2. The highest BCUT2D eigenvalue weighted by Crippen LogP contribution is 2.35. The maximum Gasteiger partial charge on any atom is 0.229 e. The summed E-state index contributed by atoms with van der Waals surface area (Å²) in [6.45, 7) is 4.36. The van der Waals surface area contributed by atoms with Gasteiger partial charge in [-0.3, -0.25) is 4.79 Å². The number of hydrogen-bond acceptors (Lipinski definition) is 9. The van der Waals surface area contributed by atoms with E-state index in [4.69, 9.17) is 9.47 Å². The molecule has 2 aromatic heterocycles. The molecular formula is C25H26F2N6O3S. The number of ether oxygens (including phenoxy) is 2. The van der Waals surface area contributed by atoms with Crippen LogP contribution < -0.4 is 25.4 Å². The highest BCUT2D eigenvalue weighted by atomic mass is 32.1. The number of fused-ring (bicyclic) bond motifs is 1. The van der Waals surface area contributed by atoms with Crippen LogP contribution in [0.1, 0.15) is 18.2 Å². The summed E-state index contributed by atoms with van der Waals surface area (Å²) in [5.41, 5.74) is 0.448. The van der Waals surface area contributed by atoms with Crippen LogP contribution in [0.4, 0.5) is 25.4 Å². The number of benzene rings is 2. The van der Waals surface area contributed by atoms with E-state index in [0.717, 1.165) is 25.6 Å². The molecule has 0 aliphatic rings. The minimum atomic E-state index is -1.10. The maximum atomic E-state index is 13.8. The van der Waals surface area contributed by atoms with Crippen molar-refractivity contribution in [2.75, 3.05) is 37.4 Å². The van der Waals surface area contributed by atoms with Crippen LogP contribution >= 0.6 is 11.3 Å². The SMILES string of the molecule is CCNCCCOc1cc2ncnc(Nc3ncc(CC(=O)Nc4cccc(F)c4F)s3)c2cc1OC. The number of thiazole rings is 1. The van der Waals surface area contributed by atoms with E-state index in [1.807, 2.05) is 0 Å². The Labute approximate surface area is 216 Å². The lowest BCUT2D eigenvalue weighted by Gasteiger charge is -2.13. The molecule has 4 rings (SSSR count). The standard InChI is InChI=1S/C25H26F2N6O3S/c1-3-28-8-5-9-36-21-12-19-16(11-20(21)35-2)24(31-14-30-19)33-25-29-13-15(37-25)10-22(34)32-18-7-4-6-17(26)23(18)27/h4,6-7,11-14,28H,3,5,8-10H2,1-2H3,(H,32,34)(H,29,30,31,33). The van der Waals surface area contributed by atoms with Gasteiger partial charge in [0, 0.05) is 22.5 Å². The van der Waals surface area contributed by atoms with Gasteiger partial charge in [-0.05, 0) is 37.7 Å². The Kier molecular flexibility index (Phi) is 8.75. The van der Waals surface area contributed by atoms with Gasteiger partial charge in [0.15, 0.2) is 28.3 Å². The summed E-state index contributed by atoms with van der Waals surface area (Å²) in [7, 11) is 1.57. The molecule has 0 unspecified atom stereocenters. The van der Waals surface area contributed by atoms with Crippen LogP contribution in [-0.4, -0.2) is 47.7 Å². The molecular weight excluding hydrogens is 502 g/mol. The average Bonchev–Trinajstić information content (AvgIpc) is 3.32. The van der Waals surface area contributed by atoms with E-state index in [2.05, 4.69) is 37.8 Å². The average molecular weight is 529 g/mol. The third kappa shape index (κ3) is 6.66. The molecule has 4 aromatic rings. The molecule has 0 aliphatic carbocycles. The molecule has 0 bridgehead atoms. The van der Waals surface area contributed by atoms with Crippen molar-refractivity contribution in [1.29, 1.82) is 0 Å². The van der Waals surface area contributed by atoms with E-state index < -0.39 is 17.5 Å². The van der Waals surface area contributed by atoms with Gasteiger partial charge in [-0.15, -0.1) is 11.3 Å². The highest BCUT2D eigenvalue weighted by molar-refractivity contribution is 7.15. The quantitative estimate of drug-likeness (QED) is 0.228. The number of nitrogens with zero attached hydrogens (tertiary/aromatic N) is 3. The smallest absolute Gasteiger partial charge is 0.229 e. The number of carbonyl (C=O) groups is 1. The third-order valence-corrected chi connectivity index (χ3v) is 6.18. The lowest BCUT2D eigenvalue weighted by atomic mass is 10.2. The van der Waals surface area contributed by atoms with Crippen LogP contribution in [0.25, 0.3) is 10.9 Å². The van der Waals surface area contributed by atoms with Gasteiger partial charge in [0.05, 0.1) is 31.3 Å². The van der Waals surface area contributed by atoms with Gasteiger partial charge in [0.2, 0.25) is 5.91 Å². The summed E-state index contributed by atoms with van der Waals surface area (Å²) >= 11 is 1.24. The number of amides is 1. The summed E-state index contributed by atoms with van der Waals surface area (Å²) in [4.78, 5) is 25.9. The molecule has 194 valence electrons. The summed E-state index contributed by atoms with van der Waals surface area (Å²) in [6.07, 6.45) is 3.77. The predicted octanol–water partition coefficient (Wildman–Crippen LogP) is 4.68. The molecule has 0 saturated heterocycles. The zero-order valence-electron chi connectivity index (χ0n) is 20.3. The predicted molar refractivity (Wildman–Crippen MR) is 139 cm³/mol. The lowest BCUT2D eigenvalue weighted by molar-refractivity contribution is -0.115. The van der Waals surface area contributed by atoms with Crippen molar-refractivity contribution in [3.05, 3.63) is 59.4 Å². The molecule has 0 saturated carbocycles. The molecule has 12 heteroatoms. The van der Waals surface area contributed by atoms with Crippen molar-refractivity contribution < 1.29 is 23.0 Å². The van der Waals surface area contributed by atoms with Gasteiger partial charge < -0.3 is 25.4 Å². The number of nitrogens with one attached hydrogen (secondary N) is 3. The zero-order chi connectivity index (χ0) is 26.2. The number of aromatic nitrogens is 3. The molecule has 0 aliphatic heterocycles. The van der Waals surface area contributed by atoms with Gasteiger partial charge in [-0.2, -0.15) is 0 Å². The molecule has 0 atom stereocenters. The summed E-state index contributed by atoms with van der Waals surface area (Å²) in [6, 6.07) is 7.21. The van der Waals surface area contributed by atoms with Crippen molar-refractivity contribution in [2.24, 2.45) is 0 Å². The molecule has 3 N–H and O–H groups in total. The number of carbonyl (C=O) groups excluding carboxylic acids is 1. The number of methoxy groups -OCH3 is 1. The fourth-order valence-corrected chi connectivity index (χ4v) is 4.30. The van der Waals surface area contributed by atoms with Crippen LogP contribution in [0.3, 0.4) is 0 Å². The molecule has 0 spiro atoms. The van der Waals surface area contributed by atoms with Gasteiger partial charge in [0.1, 0.15) is 12.1 Å². The molecule has 0 fully saturated rings. The van der Waals surface area contributed by atoms with Crippen molar-refractivity contribution >= 4 is 44.8 Å². The Morgan fingerprint density at radius 3 is 2.81 bits per heavy atom. The molecule has 2 aromatic carbocycles. The van der Waals surface area contributed by atoms with Gasteiger partial charge >= 0.3 is 0 Å². The minimum absolute atomic E-state index is 0.0535. The largest absolute Gasteiger partial charge is 0.493 e. The van der Waals surface area contributed by atoms with E-state index >= 15 is 0 Å². The second-order valence-electron chi connectivity index (χ2n) is 7.88. The van der Waals surface area contributed by atoms with Crippen molar-refractivity contribution in [2.45, 2.75) is 19.8 Å². The van der Waals surface area contributed by atoms with E-state index in [1.165, 1.54) is 36.0 Å². The van der Waals surface area contributed by atoms with Gasteiger partial charge in [0.25, 0.3) is 0 Å². The van der Waals surface area contributed by atoms with Crippen LogP contribution in [0, 0.1) is 11.6 Å². The Morgan fingerprint density at radius 1 is 1.14 bits per heavy atom. The minimum Gasteiger partial charge on any atom is -0.493 e. The van der Waals surface area contributed by atoms with Gasteiger partial charge in [-0.1, -0.05) is 13.0 Å². The van der Waals surface area contributed by atoms with E-state index in [-0.39, 0.29) is 12.1 Å². The summed E-state index contributed by atoms with van der Waals surface area (Å²) in [5.74, 6) is -0.971. The Balaban J connectivity index is 1.44. The molecule has 0 radical (unpaired) electrons. The fourth-order valence-electron chi connectivity index (χ4n) is 3.49. The first-order valence-electron chi connectivity index (χ1n) is 11.6. The van der Waals surface area contributed by atoms with E-state index in [9.17, 15) is 13.6 Å². The lowest BCUT2D eigenvalue weighted by Crippen LogP contribution is -2.16. The second-order valence-corrected chi connectivity index (χ2v) is 9.00. The fraction of sp³-hybridized carbons (Fsp3) is 0.280. The number of anilines is 3. The molecule has 9 nitrogen and oxygen atoms in total. The number of hydrogen-bond donors (Lipinski definition) is 3. The topological polar surface area (TPSA) is 110 Å². The Bertz CT molecular complexity index is 1380. The first-order valence-corrected chi connectivity index (χ1v) is 12.4. The Hall–Kier alpha value is -3.90.